The molecule has 0 aliphatic carbocycles. The van der Waals surface area contributed by atoms with E-state index in [9.17, 15) is 4.79 Å². The normalized spacial score (nSPS) is 12.5. The zero-order valence-electron chi connectivity index (χ0n) is 8.99. The van der Waals surface area contributed by atoms with Crippen molar-refractivity contribution in [1.29, 1.82) is 0 Å². The predicted octanol–water partition coefficient (Wildman–Crippen LogP) is 1.12. The molecule has 0 amide bonds. The van der Waals surface area contributed by atoms with Crippen molar-refractivity contribution in [2.75, 3.05) is 19.8 Å². The van der Waals surface area contributed by atoms with Gasteiger partial charge in [-0.25, -0.2) is 0 Å². The van der Waals surface area contributed by atoms with Crippen LogP contribution < -0.4 is 0 Å². The Labute approximate surface area is 85.2 Å². The molecular weight excluding hydrogens is 184 g/mol. The van der Waals surface area contributed by atoms with Gasteiger partial charge in [0, 0.05) is 20.1 Å². The molecule has 4 heteroatoms. The number of esters is 1. The molecule has 0 aromatic rings. The smallest absolute Gasteiger partial charge is 0.302 e. The first-order chi connectivity index (χ1) is 6.70. The van der Waals surface area contributed by atoms with Gasteiger partial charge in [-0.05, 0) is 19.3 Å². The van der Waals surface area contributed by atoms with E-state index in [1.165, 1.54) is 6.92 Å². The van der Waals surface area contributed by atoms with E-state index in [1.807, 2.05) is 6.92 Å². The SMILES string of the molecule is CCCOCC(CCCO)OC(C)=O. The van der Waals surface area contributed by atoms with Gasteiger partial charge in [0.05, 0.1) is 6.61 Å². The Bertz CT molecular complexity index is 147. The van der Waals surface area contributed by atoms with Crippen LogP contribution in [-0.2, 0) is 14.3 Å². The molecule has 0 radical (unpaired) electrons. The van der Waals surface area contributed by atoms with E-state index in [0.29, 0.717) is 26.1 Å². The number of carbonyl (C=O) groups is 1. The molecule has 1 atom stereocenters. The molecule has 1 unspecified atom stereocenters. The first-order valence-corrected chi connectivity index (χ1v) is 5.06. The second-order valence-corrected chi connectivity index (χ2v) is 3.17. The molecule has 4 nitrogen and oxygen atoms in total. The summed E-state index contributed by atoms with van der Waals surface area (Å²) in [6.07, 6.45) is 2.02. The lowest BCUT2D eigenvalue weighted by atomic mass is 10.2. The first-order valence-electron chi connectivity index (χ1n) is 5.06. The van der Waals surface area contributed by atoms with Crippen molar-refractivity contribution in [2.24, 2.45) is 0 Å². The Morgan fingerprint density at radius 1 is 1.50 bits per heavy atom. The van der Waals surface area contributed by atoms with Gasteiger partial charge in [0.1, 0.15) is 6.10 Å². The third-order valence-corrected chi connectivity index (χ3v) is 1.67. The molecule has 14 heavy (non-hydrogen) atoms. The fourth-order valence-corrected chi connectivity index (χ4v) is 1.09. The average molecular weight is 204 g/mol. The molecule has 0 heterocycles. The van der Waals surface area contributed by atoms with Crippen LogP contribution >= 0.6 is 0 Å². The second-order valence-electron chi connectivity index (χ2n) is 3.17. The molecule has 0 aromatic heterocycles. The predicted molar refractivity (Wildman–Crippen MR) is 53.0 cm³/mol. The molecule has 0 aromatic carbocycles. The van der Waals surface area contributed by atoms with Gasteiger partial charge in [-0.1, -0.05) is 6.92 Å². The maximum Gasteiger partial charge on any atom is 0.302 e. The van der Waals surface area contributed by atoms with Gasteiger partial charge in [-0.3, -0.25) is 4.79 Å². The summed E-state index contributed by atoms with van der Waals surface area (Å²) in [5.41, 5.74) is 0. The largest absolute Gasteiger partial charge is 0.460 e. The lowest BCUT2D eigenvalue weighted by Crippen LogP contribution is -2.23. The van der Waals surface area contributed by atoms with E-state index in [0.717, 1.165) is 6.42 Å². The van der Waals surface area contributed by atoms with Crippen LogP contribution in [-0.4, -0.2) is 37.0 Å². The van der Waals surface area contributed by atoms with E-state index < -0.39 is 0 Å². The van der Waals surface area contributed by atoms with E-state index in [-0.39, 0.29) is 18.7 Å². The van der Waals surface area contributed by atoms with Gasteiger partial charge in [0.25, 0.3) is 0 Å². The number of rotatable bonds is 8. The molecule has 0 saturated carbocycles. The Balaban J connectivity index is 3.66. The highest BCUT2D eigenvalue weighted by Gasteiger charge is 2.11. The minimum absolute atomic E-state index is 0.117. The third kappa shape index (κ3) is 8.01. The molecule has 0 bridgehead atoms. The minimum Gasteiger partial charge on any atom is -0.460 e. The van der Waals surface area contributed by atoms with Crippen LogP contribution in [0.3, 0.4) is 0 Å². The highest BCUT2D eigenvalue weighted by Crippen LogP contribution is 2.03. The summed E-state index contributed by atoms with van der Waals surface area (Å²) in [6.45, 7) is 4.62. The zero-order chi connectivity index (χ0) is 10.8. The summed E-state index contributed by atoms with van der Waals surface area (Å²) < 4.78 is 10.3. The Kier molecular flexibility index (Phi) is 8.57. The maximum atomic E-state index is 10.7. The summed E-state index contributed by atoms with van der Waals surface area (Å²) >= 11 is 0. The molecule has 0 rings (SSSR count). The van der Waals surface area contributed by atoms with E-state index >= 15 is 0 Å². The van der Waals surface area contributed by atoms with Gasteiger partial charge in [-0.15, -0.1) is 0 Å². The molecule has 0 aliphatic heterocycles. The first kappa shape index (κ1) is 13.4. The van der Waals surface area contributed by atoms with Crippen LogP contribution in [0.1, 0.15) is 33.1 Å². The van der Waals surface area contributed by atoms with Crippen molar-refractivity contribution < 1.29 is 19.4 Å². The lowest BCUT2D eigenvalue weighted by Gasteiger charge is -2.16. The summed E-state index contributed by atoms with van der Waals surface area (Å²) in [4.78, 5) is 10.7. The standard InChI is InChI=1S/C10H20O4/c1-3-7-13-8-10(5-4-6-11)14-9(2)12/h10-11H,3-8H2,1-2H3. The molecule has 84 valence electrons. The number of hydrogen-bond acceptors (Lipinski definition) is 4. The summed E-state index contributed by atoms with van der Waals surface area (Å²) in [6, 6.07) is 0. The molecular formula is C10H20O4. The Morgan fingerprint density at radius 3 is 2.71 bits per heavy atom. The highest BCUT2D eigenvalue weighted by molar-refractivity contribution is 5.66. The van der Waals surface area contributed by atoms with Gasteiger partial charge in [-0.2, -0.15) is 0 Å². The average Bonchev–Trinajstić information content (AvgIpc) is 2.13. The molecule has 0 fully saturated rings. The van der Waals surface area contributed by atoms with Crippen LogP contribution in [0.25, 0.3) is 0 Å². The number of carbonyl (C=O) groups excluding carboxylic acids is 1. The quantitative estimate of drug-likeness (QED) is 0.475. The topological polar surface area (TPSA) is 55.8 Å². The number of aliphatic hydroxyl groups excluding tert-OH is 1. The van der Waals surface area contributed by atoms with Gasteiger partial charge >= 0.3 is 5.97 Å². The molecule has 1 N–H and O–H groups in total. The summed E-state index contributed by atoms with van der Waals surface area (Å²) in [5.74, 6) is -0.298. The summed E-state index contributed by atoms with van der Waals surface area (Å²) in [7, 11) is 0. The molecule has 0 saturated heterocycles. The number of hydrogen-bond donors (Lipinski definition) is 1. The molecule has 0 spiro atoms. The summed E-state index contributed by atoms with van der Waals surface area (Å²) in [5, 5.41) is 8.64. The van der Waals surface area contributed by atoms with Crippen molar-refractivity contribution in [3.05, 3.63) is 0 Å². The fourth-order valence-electron chi connectivity index (χ4n) is 1.09. The monoisotopic (exact) mass is 204 g/mol. The van der Waals surface area contributed by atoms with Crippen LogP contribution in [0.4, 0.5) is 0 Å². The van der Waals surface area contributed by atoms with Gasteiger partial charge in [0.2, 0.25) is 0 Å². The highest BCUT2D eigenvalue weighted by atomic mass is 16.6. The van der Waals surface area contributed by atoms with Gasteiger partial charge in [0.15, 0.2) is 0 Å². The van der Waals surface area contributed by atoms with Crippen LogP contribution in [0.5, 0.6) is 0 Å². The van der Waals surface area contributed by atoms with Crippen molar-refractivity contribution >= 4 is 5.97 Å². The van der Waals surface area contributed by atoms with E-state index in [2.05, 4.69) is 0 Å². The van der Waals surface area contributed by atoms with Crippen molar-refractivity contribution in [3.63, 3.8) is 0 Å². The number of ether oxygens (including phenoxy) is 2. The lowest BCUT2D eigenvalue weighted by molar-refractivity contribution is -0.150. The van der Waals surface area contributed by atoms with E-state index in [1.54, 1.807) is 0 Å². The molecule has 0 aliphatic rings. The van der Waals surface area contributed by atoms with Crippen molar-refractivity contribution in [1.82, 2.24) is 0 Å². The third-order valence-electron chi connectivity index (χ3n) is 1.67. The van der Waals surface area contributed by atoms with Crippen molar-refractivity contribution in [2.45, 2.75) is 39.2 Å². The number of aliphatic hydroxyl groups is 1. The Morgan fingerprint density at radius 2 is 2.21 bits per heavy atom. The van der Waals surface area contributed by atoms with Gasteiger partial charge < -0.3 is 14.6 Å². The zero-order valence-corrected chi connectivity index (χ0v) is 8.99. The maximum absolute atomic E-state index is 10.7. The van der Waals surface area contributed by atoms with Crippen LogP contribution in [0, 0.1) is 0 Å². The Hall–Kier alpha value is -0.610. The van der Waals surface area contributed by atoms with Crippen LogP contribution in [0.2, 0.25) is 0 Å². The minimum atomic E-state index is -0.298. The van der Waals surface area contributed by atoms with Crippen LogP contribution in [0.15, 0.2) is 0 Å². The second kappa shape index (κ2) is 8.97. The van der Waals surface area contributed by atoms with E-state index in [4.69, 9.17) is 14.6 Å². The van der Waals surface area contributed by atoms with Crippen molar-refractivity contribution in [3.8, 4) is 0 Å². The fraction of sp³-hybridized carbons (Fsp3) is 0.900.